The number of allylic oxidation sites excluding steroid dienone is 1. The van der Waals surface area contributed by atoms with E-state index in [1.54, 1.807) is 24.3 Å². The third kappa shape index (κ3) is 15.2. The summed E-state index contributed by atoms with van der Waals surface area (Å²) in [4.78, 5) is 12.2. The minimum absolute atomic E-state index is 0. The zero-order valence-electron chi connectivity index (χ0n) is 22.5. The number of aromatic nitrogens is 1. The van der Waals surface area contributed by atoms with Gasteiger partial charge in [0.05, 0.1) is 0 Å². The number of nitrogens with zero attached hydrogens (tertiary/aromatic N) is 1. The van der Waals surface area contributed by atoms with Crippen LogP contribution in [0.15, 0.2) is 54.9 Å². The molecule has 0 saturated carbocycles. The molecule has 0 unspecified atom stereocenters. The number of rotatable bonds is 20. The first-order chi connectivity index (χ1) is 17.2. The van der Waals surface area contributed by atoms with E-state index in [1.165, 1.54) is 109 Å². The number of aromatic hydroxyl groups is 1. The number of unbranched alkanes of at least 4 members (excludes halogenated alkanes) is 15. The third-order valence-corrected chi connectivity index (χ3v) is 6.74. The normalized spacial score (nSPS) is 11.0. The van der Waals surface area contributed by atoms with E-state index < -0.39 is 0 Å². The van der Waals surface area contributed by atoms with Crippen molar-refractivity contribution < 1.29 is 31.4 Å². The van der Waals surface area contributed by atoms with Gasteiger partial charge < -0.3 is 22.1 Å². The van der Waals surface area contributed by atoms with E-state index in [1.807, 2.05) is 18.2 Å². The molecule has 0 atom stereocenters. The largest absolute Gasteiger partial charge is 1.00 e. The summed E-state index contributed by atoms with van der Waals surface area (Å²) in [6.45, 7) is 3.33. The maximum absolute atomic E-state index is 12.2. The first-order valence-corrected chi connectivity index (χ1v) is 14.2. The zero-order chi connectivity index (χ0) is 25.0. The summed E-state index contributed by atoms with van der Waals surface area (Å²) in [6, 6.07) is 10.5. The first-order valence-electron chi connectivity index (χ1n) is 14.2. The average Bonchev–Trinajstić information content (AvgIpc) is 2.87. The molecule has 3 nitrogen and oxygen atoms in total. The number of phenolic OH excluding ortho intramolecular Hbond substituents is 1. The molecule has 1 aromatic carbocycles. The van der Waals surface area contributed by atoms with E-state index in [-0.39, 0.29) is 28.5 Å². The Hall–Kier alpha value is -1.94. The zero-order valence-corrected chi connectivity index (χ0v) is 24.1. The maximum atomic E-state index is 12.2. The Labute approximate surface area is 230 Å². The fourth-order valence-corrected chi connectivity index (χ4v) is 4.50. The summed E-state index contributed by atoms with van der Waals surface area (Å²) in [7, 11) is 0. The van der Waals surface area contributed by atoms with Crippen molar-refractivity contribution in [1.29, 1.82) is 0 Å². The lowest BCUT2D eigenvalue weighted by Crippen LogP contribution is -3.00. The van der Waals surface area contributed by atoms with E-state index in [4.69, 9.17) is 0 Å². The standard InChI is InChI=1S/C32H47NO2.BrH/c1-2-3-4-5-6-7-8-9-10-11-12-13-14-15-16-17-25-33-26-23-29(24-27-33)21-22-32(35)30-19-18-20-31(34)28-30;/h18-24,26-28H,2-17,25H2,1H3;1H/b22-21+;. The van der Waals surface area contributed by atoms with Crippen molar-refractivity contribution >= 4 is 11.9 Å². The Kier molecular flexibility index (Phi) is 18.9. The van der Waals surface area contributed by atoms with Gasteiger partial charge in [0.25, 0.3) is 0 Å². The van der Waals surface area contributed by atoms with Crippen LogP contribution in [0.3, 0.4) is 0 Å². The number of carbonyl (C=O) groups is 1. The number of halogens is 1. The van der Waals surface area contributed by atoms with E-state index in [0.29, 0.717) is 5.56 Å². The molecule has 1 aromatic heterocycles. The second kappa shape index (κ2) is 21.2. The molecule has 36 heavy (non-hydrogen) atoms. The molecule has 4 heteroatoms. The summed E-state index contributed by atoms with van der Waals surface area (Å²) >= 11 is 0. The van der Waals surface area contributed by atoms with E-state index in [0.717, 1.165) is 12.1 Å². The van der Waals surface area contributed by atoms with E-state index in [9.17, 15) is 9.90 Å². The molecule has 0 aliphatic rings. The molecule has 1 N–H and O–H groups in total. The minimum atomic E-state index is -0.106. The number of hydrogen-bond donors (Lipinski definition) is 1. The smallest absolute Gasteiger partial charge is 0.185 e. The lowest BCUT2D eigenvalue weighted by atomic mass is 10.0. The van der Waals surface area contributed by atoms with Crippen LogP contribution in [-0.2, 0) is 6.54 Å². The van der Waals surface area contributed by atoms with Gasteiger partial charge in [0, 0.05) is 24.1 Å². The van der Waals surface area contributed by atoms with Crippen LogP contribution in [-0.4, -0.2) is 10.9 Å². The summed E-state index contributed by atoms with van der Waals surface area (Å²) in [6.07, 6.45) is 29.9. The van der Waals surface area contributed by atoms with Gasteiger partial charge in [-0.1, -0.05) is 115 Å². The van der Waals surface area contributed by atoms with Crippen molar-refractivity contribution in [3.05, 3.63) is 66.0 Å². The van der Waals surface area contributed by atoms with Crippen LogP contribution in [0.1, 0.15) is 126 Å². The van der Waals surface area contributed by atoms with Gasteiger partial charge in [0.2, 0.25) is 0 Å². The molecule has 0 spiro atoms. The third-order valence-electron chi connectivity index (χ3n) is 6.74. The fourth-order valence-electron chi connectivity index (χ4n) is 4.50. The van der Waals surface area contributed by atoms with Gasteiger partial charge in [-0.25, -0.2) is 4.57 Å². The van der Waals surface area contributed by atoms with Crippen molar-refractivity contribution in [3.8, 4) is 5.75 Å². The molecular formula is C32H48BrNO2. The Balaban J connectivity index is 0.00000648. The van der Waals surface area contributed by atoms with Crippen molar-refractivity contribution in [2.45, 2.75) is 116 Å². The van der Waals surface area contributed by atoms with Crippen LogP contribution in [0.5, 0.6) is 5.75 Å². The Bertz CT molecular complexity index is 847. The summed E-state index contributed by atoms with van der Waals surface area (Å²) < 4.78 is 2.22. The second-order valence-corrected chi connectivity index (χ2v) is 9.92. The monoisotopic (exact) mass is 557 g/mol. The molecule has 2 aromatic rings. The van der Waals surface area contributed by atoms with Crippen LogP contribution in [0.2, 0.25) is 0 Å². The molecule has 1 heterocycles. The van der Waals surface area contributed by atoms with Gasteiger partial charge in [-0.3, -0.25) is 4.79 Å². The van der Waals surface area contributed by atoms with Gasteiger partial charge in [-0.2, -0.15) is 0 Å². The van der Waals surface area contributed by atoms with Gasteiger partial charge >= 0.3 is 0 Å². The number of carbonyl (C=O) groups excluding carboxylic acids is 1. The van der Waals surface area contributed by atoms with Crippen molar-refractivity contribution in [3.63, 3.8) is 0 Å². The second-order valence-electron chi connectivity index (χ2n) is 9.92. The highest BCUT2D eigenvalue weighted by Crippen LogP contribution is 2.14. The Morgan fingerprint density at radius 1 is 0.750 bits per heavy atom. The first kappa shape index (κ1) is 32.1. The highest BCUT2D eigenvalue weighted by molar-refractivity contribution is 6.07. The quantitative estimate of drug-likeness (QED) is 0.0960. The molecule has 0 fully saturated rings. The number of benzene rings is 1. The Morgan fingerprint density at radius 3 is 1.75 bits per heavy atom. The lowest BCUT2D eigenvalue weighted by Gasteiger charge is -2.03. The van der Waals surface area contributed by atoms with Crippen LogP contribution >= 0.6 is 0 Å². The average molecular weight is 559 g/mol. The predicted molar refractivity (Wildman–Crippen MR) is 148 cm³/mol. The van der Waals surface area contributed by atoms with Crippen LogP contribution < -0.4 is 21.5 Å². The Morgan fingerprint density at radius 2 is 1.25 bits per heavy atom. The van der Waals surface area contributed by atoms with Crippen molar-refractivity contribution in [1.82, 2.24) is 0 Å². The molecule has 0 radical (unpaired) electrons. The maximum Gasteiger partial charge on any atom is 0.185 e. The summed E-state index contributed by atoms with van der Waals surface area (Å²) in [5, 5.41) is 9.51. The van der Waals surface area contributed by atoms with Crippen LogP contribution in [0, 0.1) is 0 Å². The predicted octanol–water partition coefficient (Wildman–Crippen LogP) is 5.84. The molecule has 2 rings (SSSR count). The van der Waals surface area contributed by atoms with Crippen molar-refractivity contribution in [2.24, 2.45) is 0 Å². The van der Waals surface area contributed by atoms with E-state index in [2.05, 4.69) is 23.9 Å². The topological polar surface area (TPSA) is 41.2 Å². The highest BCUT2D eigenvalue weighted by Gasteiger charge is 2.04. The minimum Gasteiger partial charge on any atom is -1.00 e. The van der Waals surface area contributed by atoms with E-state index >= 15 is 0 Å². The van der Waals surface area contributed by atoms with Crippen molar-refractivity contribution in [2.75, 3.05) is 0 Å². The number of aryl methyl sites for hydroxylation is 1. The van der Waals surface area contributed by atoms with Gasteiger partial charge in [-0.05, 0) is 30.2 Å². The molecule has 0 aliphatic carbocycles. The van der Waals surface area contributed by atoms with Gasteiger partial charge in [0.15, 0.2) is 18.2 Å². The van der Waals surface area contributed by atoms with Crippen LogP contribution in [0.4, 0.5) is 0 Å². The van der Waals surface area contributed by atoms with Gasteiger partial charge in [-0.15, -0.1) is 0 Å². The van der Waals surface area contributed by atoms with Gasteiger partial charge in [0.1, 0.15) is 12.3 Å². The molecule has 0 bridgehead atoms. The molecule has 0 amide bonds. The molecular weight excluding hydrogens is 510 g/mol. The molecule has 200 valence electrons. The molecule has 0 saturated heterocycles. The number of phenols is 1. The number of ketones is 1. The number of hydrogen-bond acceptors (Lipinski definition) is 2. The highest BCUT2D eigenvalue weighted by atomic mass is 79.9. The summed E-state index contributed by atoms with van der Waals surface area (Å²) in [5.74, 6) is 0.00452. The number of pyridine rings is 1. The lowest BCUT2D eigenvalue weighted by molar-refractivity contribution is -0.697. The molecule has 0 aliphatic heterocycles. The summed E-state index contributed by atoms with van der Waals surface area (Å²) in [5.41, 5.74) is 1.50. The van der Waals surface area contributed by atoms with Crippen LogP contribution in [0.25, 0.3) is 6.08 Å². The fraction of sp³-hybridized carbons (Fsp3) is 0.562. The SMILES string of the molecule is CCCCCCCCCCCCCCCCCC[n+]1ccc(/C=C/C(=O)c2cccc(O)c2)cc1.[Br-].